The molecule has 0 saturated heterocycles. The van der Waals surface area contributed by atoms with Gasteiger partial charge < -0.3 is 10.1 Å². The molecule has 1 aromatic heterocycles. The molecule has 2 aromatic rings. The number of esters is 1. The summed E-state index contributed by atoms with van der Waals surface area (Å²) in [4.78, 5) is 35.9. The first-order valence-electron chi connectivity index (χ1n) is 9.61. The number of aryl methyl sites for hydroxylation is 1. The second kappa shape index (κ2) is 9.39. The summed E-state index contributed by atoms with van der Waals surface area (Å²) in [6, 6.07) is 9.01. The highest BCUT2D eigenvalue weighted by atomic mass is 16.5. The Morgan fingerprint density at radius 3 is 2.37 bits per heavy atom. The van der Waals surface area contributed by atoms with Crippen LogP contribution in [0, 0.1) is 13.8 Å². The zero-order valence-corrected chi connectivity index (χ0v) is 18.1. The zero-order chi connectivity index (χ0) is 22.5. The topological polar surface area (TPSA) is 102 Å². The quantitative estimate of drug-likeness (QED) is 0.580. The Labute approximate surface area is 176 Å². The molecule has 0 spiro atoms. The van der Waals surface area contributed by atoms with E-state index in [1.807, 2.05) is 44.2 Å². The van der Waals surface area contributed by atoms with E-state index < -0.39 is 29.6 Å². The van der Waals surface area contributed by atoms with Crippen LogP contribution in [0.1, 0.15) is 44.6 Å². The minimum Gasteiger partial charge on any atom is -0.449 e. The Kier molecular flexibility index (Phi) is 7.15. The third-order valence-corrected chi connectivity index (χ3v) is 4.12. The van der Waals surface area contributed by atoms with Gasteiger partial charge in [0.25, 0.3) is 5.91 Å². The van der Waals surface area contributed by atoms with Gasteiger partial charge in [-0.05, 0) is 59.8 Å². The molecule has 8 nitrogen and oxygen atoms in total. The first-order chi connectivity index (χ1) is 14.0. The molecule has 2 rings (SSSR count). The van der Waals surface area contributed by atoms with E-state index in [2.05, 4.69) is 15.7 Å². The van der Waals surface area contributed by atoms with Crippen molar-refractivity contribution in [3.8, 4) is 5.69 Å². The third-order valence-electron chi connectivity index (χ3n) is 4.12. The van der Waals surface area contributed by atoms with E-state index in [0.29, 0.717) is 0 Å². The van der Waals surface area contributed by atoms with Crippen molar-refractivity contribution in [2.45, 2.75) is 53.2 Å². The molecule has 0 aliphatic carbocycles. The first kappa shape index (κ1) is 22.9. The molecule has 0 unspecified atom stereocenters. The summed E-state index contributed by atoms with van der Waals surface area (Å²) in [6.45, 7) is 10.5. The van der Waals surface area contributed by atoms with Gasteiger partial charge in [-0.3, -0.25) is 10.1 Å². The standard InChI is InChI=1S/C22H28N4O4/c1-14-18(15(2)26(25-14)17-10-8-7-9-11-17)12-13-19(27)30-16(3)20(28)23-21(29)24-22(4,5)6/h7-13,16H,1-6H3,(H2,23,24,28,29)/b13-12+/t16-/m0/s1. The van der Waals surface area contributed by atoms with Crippen LogP contribution in [0.15, 0.2) is 36.4 Å². The molecule has 160 valence electrons. The van der Waals surface area contributed by atoms with Crippen molar-refractivity contribution in [1.82, 2.24) is 20.4 Å². The number of ether oxygens (including phenoxy) is 1. The maximum atomic E-state index is 12.1. The van der Waals surface area contributed by atoms with Gasteiger partial charge in [0.15, 0.2) is 6.10 Å². The summed E-state index contributed by atoms with van der Waals surface area (Å²) in [7, 11) is 0. The van der Waals surface area contributed by atoms with Crippen molar-refractivity contribution in [3.63, 3.8) is 0 Å². The van der Waals surface area contributed by atoms with Crippen molar-refractivity contribution < 1.29 is 19.1 Å². The van der Waals surface area contributed by atoms with E-state index in [9.17, 15) is 14.4 Å². The Morgan fingerprint density at radius 1 is 1.13 bits per heavy atom. The number of imide groups is 1. The number of rotatable bonds is 5. The van der Waals surface area contributed by atoms with Gasteiger partial charge in [-0.25, -0.2) is 14.3 Å². The lowest BCUT2D eigenvalue weighted by Gasteiger charge is -2.21. The predicted molar refractivity (Wildman–Crippen MR) is 114 cm³/mol. The highest BCUT2D eigenvalue weighted by molar-refractivity contribution is 5.98. The number of hydrogen-bond acceptors (Lipinski definition) is 5. The van der Waals surface area contributed by atoms with Crippen LogP contribution in [-0.4, -0.2) is 39.3 Å². The second-order valence-electron chi connectivity index (χ2n) is 7.94. The molecule has 0 saturated carbocycles. The second-order valence-corrected chi connectivity index (χ2v) is 7.94. The van der Waals surface area contributed by atoms with Crippen molar-refractivity contribution in [3.05, 3.63) is 53.4 Å². The molecular formula is C22H28N4O4. The fourth-order valence-corrected chi connectivity index (χ4v) is 2.72. The molecular weight excluding hydrogens is 384 g/mol. The minimum atomic E-state index is -1.12. The molecule has 1 heterocycles. The molecule has 0 fully saturated rings. The van der Waals surface area contributed by atoms with Crippen molar-refractivity contribution in [2.75, 3.05) is 0 Å². The molecule has 0 bridgehead atoms. The number of carbonyl (C=O) groups is 3. The van der Waals surface area contributed by atoms with Crippen LogP contribution < -0.4 is 10.6 Å². The molecule has 30 heavy (non-hydrogen) atoms. The van der Waals surface area contributed by atoms with Crippen LogP contribution in [-0.2, 0) is 14.3 Å². The lowest BCUT2D eigenvalue weighted by atomic mass is 10.1. The van der Waals surface area contributed by atoms with Gasteiger partial charge in [0.1, 0.15) is 0 Å². The summed E-state index contributed by atoms with van der Waals surface area (Å²) in [6.07, 6.45) is 1.73. The van der Waals surface area contributed by atoms with Crippen LogP contribution in [0.5, 0.6) is 0 Å². The van der Waals surface area contributed by atoms with E-state index in [1.165, 1.54) is 13.0 Å². The van der Waals surface area contributed by atoms with Gasteiger partial charge in [-0.1, -0.05) is 18.2 Å². The maximum Gasteiger partial charge on any atom is 0.331 e. The summed E-state index contributed by atoms with van der Waals surface area (Å²) in [5.41, 5.74) is 2.83. The largest absolute Gasteiger partial charge is 0.449 e. The molecule has 0 aliphatic rings. The predicted octanol–water partition coefficient (Wildman–Crippen LogP) is 3.06. The third kappa shape index (κ3) is 6.30. The average molecular weight is 412 g/mol. The summed E-state index contributed by atoms with van der Waals surface area (Å²) in [5, 5.41) is 9.26. The van der Waals surface area contributed by atoms with E-state index in [4.69, 9.17) is 4.74 Å². The van der Waals surface area contributed by atoms with Crippen LogP contribution in [0.3, 0.4) is 0 Å². The van der Waals surface area contributed by atoms with Crippen LogP contribution in [0.2, 0.25) is 0 Å². The maximum absolute atomic E-state index is 12.1. The zero-order valence-electron chi connectivity index (χ0n) is 18.1. The summed E-state index contributed by atoms with van der Waals surface area (Å²) < 4.78 is 6.89. The lowest BCUT2D eigenvalue weighted by Crippen LogP contribution is -2.50. The van der Waals surface area contributed by atoms with Crippen molar-refractivity contribution >= 4 is 24.0 Å². The number of nitrogens with one attached hydrogen (secondary N) is 2. The molecule has 0 aliphatic heterocycles. The normalized spacial score (nSPS) is 12.5. The molecule has 8 heteroatoms. The van der Waals surface area contributed by atoms with Gasteiger partial charge in [0.2, 0.25) is 0 Å². The Balaban J connectivity index is 2.00. The molecule has 0 radical (unpaired) electrons. The van der Waals surface area contributed by atoms with Crippen molar-refractivity contribution in [1.29, 1.82) is 0 Å². The van der Waals surface area contributed by atoms with Gasteiger partial charge in [-0.15, -0.1) is 0 Å². The number of benzene rings is 1. The smallest absolute Gasteiger partial charge is 0.331 e. The number of amides is 3. The fourth-order valence-electron chi connectivity index (χ4n) is 2.72. The average Bonchev–Trinajstić information content (AvgIpc) is 2.93. The van der Waals surface area contributed by atoms with E-state index >= 15 is 0 Å². The Hall–Kier alpha value is -3.42. The minimum absolute atomic E-state index is 0.493. The van der Waals surface area contributed by atoms with Gasteiger partial charge >= 0.3 is 12.0 Å². The SMILES string of the molecule is Cc1nn(-c2ccccc2)c(C)c1/C=C/C(=O)O[C@@H](C)C(=O)NC(=O)NC(C)(C)C. The van der Waals surface area contributed by atoms with Crippen LogP contribution >= 0.6 is 0 Å². The van der Waals surface area contributed by atoms with E-state index in [0.717, 1.165) is 22.6 Å². The van der Waals surface area contributed by atoms with Crippen LogP contribution in [0.25, 0.3) is 11.8 Å². The summed E-state index contributed by atoms with van der Waals surface area (Å²) in [5.74, 6) is -1.40. The van der Waals surface area contributed by atoms with E-state index in [1.54, 1.807) is 31.5 Å². The fraction of sp³-hybridized carbons (Fsp3) is 0.364. The number of urea groups is 1. The number of carbonyl (C=O) groups excluding carboxylic acids is 3. The molecule has 2 N–H and O–H groups in total. The number of hydrogen-bond donors (Lipinski definition) is 2. The molecule has 1 atom stereocenters. The van der Waals surface area contributed by atoms with Gasteiger partial charge in [0.05, 0.1) is 11.4 Å². The monoisotopic (exact) mass is 412 g/mol. The van der Waals surface area contributed by atoms with Gasteiger partial charge in [-0.2, -0.15) is 5.10 Å². The number of para-hydroxylation sites is 1. The molecule has 1 aromatic carbocycles. The van der Waals surface area contributed by atoms with Crippen molar-refractivity contribution in [2.24, 2.45) is 0 Å². The highest BCUT2D eigenvalue weighted by Crippen LogP contribution is 2.19. The lowest BCUT2D eigenvalue weighted by molar-refractivity contribution is -0.149. The van der Waals surface area contributed by atoms with E-state index in [-0.39, 0.29) is 0 Å². The molecule has 3 amide bonds. The Bertz CT molecular complexity index is 956. The Morgan fingerprint density at radius 2 is 1.77 bits per heavy atom. The number of nitrogens with zero attached hydrogens (tertiary/aromatic N) is 2. The summed E-state index contributed by atoms with van der Waals surface area (Å²) >= 11 is 0. The van der Waals surface area contributed by atoms with Gasteiger partial charge in [0, 0.05) is 22.9 Å². The highest BCUT2D eigenvalue weighted by Gasteiger charge is 2.21. The van der Waals surface area contributed by atoms with Crippen LogP contribution in [0.4, 0.5) is 4.79 Å². The number of aromatic nitrogens is 2. The first-order valence-corrected chi connectivity index (χ1v) is 9.61.